The van der Waals surface area contributed by atoms with E-state index in [4.69, 9.17) is 4.74 Å². The lowest BCUT2D eigenvalue weighted by molar-refractivity contribution is -0.123. The second kappa shape index (κ2) is 9.05. The average molecular weight is 328 g/mol. The zero-order chi connectivity index (χ0) is 13.0. The van der Waals surface area contributed by atoms with Gasteiger partial charge in [-0.2, -0.15) is 0 Å². The first kappa shape index (κ1) is 19.9. The zero-order valence-electron chi connectivity index (χ0n) is 12.3. The molecule has 5 nitrogen and oxygen atoms in total. The van der Waals surface area contributed by atoms with E-state index in [1.165, 1.54) is 0 Å². The summed E-state index contributed by atoms with van der Waals surface area (Å²) in [6.07, 6.45) is 2.06. The molecule has 2 heterocycles. The largest absolute Gasteiger partial charge is 0.379 e. The zero-order valence-corrected chi connectivity index (χ0v) is 13.9. The molecule has 0 saturated carbocycles. The lowest BCUT2D eigenvalue weighted by atomic mass is 10.0. The standard InChI is InChI=1S/C13H25N3O2.2ClH/c1-13(2,16-6-8-18-9-7-16)10-15-12(17)11-4-3-5-14-11;;/h11,14H,3-10H2,1-2H3,(H,15,17);2*1H/t11-;;/m0../s1. The second-order valence-electron chi connectivity index (χ2n) is 5.78. The second-order valence-corrected chi connectivity index (χ2v) is 5.78. The summed E-state index contributed by atoms with van der Waals surface area (Å²) in [7, 11) is 0. The van der Waals surface area contributed by atoms with Gasteiger partial charge in [0, 0.05) is 25.2 Å². The minimum atomic E-state index is -0.00194. The molecule has 0 spiro atoms. The fourth-order valence-electron chi connectivity index (χ4n) is 2.62. The molecular weight excluding hydrogens is 301 g/mol. The Balaban J connectivity index is 0.00000180. The van der Waals surface area contributed by atoms with Crippen molar-refractivity contribution in [2.75, 3.05) is 39.4 Å². The fourth-order valence-corrected chi connectivity index (χ4v) is 2.62. The minimum Gasteiger partial charge on any atom is -0.379 e. The monoisotopic (exact) mass is 327 g/mol. The molecule has 2 fully saturated rings. The molecule has 1 atom stereocenters. The van der Waals surface area contributed by atoms with Crippen LogP contribution in [-0.2, 0) is 9.53 Å². The highest BCUT2D eigenvalue weighted by Crippen LogP contribution is 2.15. The number of nitrogens with one attached hydrogen (secondary N) is 2. The van der Waals surface area contributed by atoms with Crippen LogP contribution < -0.4 is 10.6 Å². The number of ether oxygens (including phenoxy) is 1. The molecule has 2 saturated heterocycles. The summed E-state index contributed by atoms with van der Waals surface area (Å²) >= 11 is 0. The van der Waals surface area contributed by atoms with E-state index < -0.39 is 0 Å². The molecule has 0 aliphatic carbocycles. The third-order valence-electron chi connectivity index (χ3n) is 3.94. The number of nitrogens with zero attached hydrogens (tertiary/aromatic N) is 1. The van der Waals surface area contributed by atoms with Crippen LogP contribution in [0.5, 0.6) is 0 Å². The predicted molar refractivity (Wildman–Crippen MR) is 85.0 cm³/mol. The van der Waals surface area contributed by atoms with Crippen LogP contribution in [0.4, 0.5) is 0 Å². The topological polar surface area (TPSA) is 53.6 Å². The number of carbonyl (C=O) groups excluding carboxylic acids is 1. The molecule has 120 valence electrons. The van der Waals surface area contributed by atoms with Crippen LogP contribution in [0.25, 0.3) is 0 Å². The summed E-state index contributed by atoms with van der Waals surface area (Å²) in [6.45, 7) is 9.51. The molecule has 0 aromatic rings. The Bertz CT molecular complexity index is 291. The Hall–Kier alpha value is -0.0700. The maximum atomic E-state index is 12.0. The third kappa shape index (κ3) is 5.37. The maximum Gasteiger partial charge on any atom is 0.237 e. The number of hydrogen-bond acceptors (Lipinski definition) is 4. The molecule has 0 bridgehead atoms. The van der Waals surface area contributed by atoms with E-state index in [1.54, 1.807) is 0 Å². The van der Waals surface area contributed by atoms with E-state index >= 15 is 0 Å². The summed E-state index contributed by atoms with van der Waals surface area (Å²) in [6, 6.07) is 0.0190. The lowest BCUT2D eigenvalue weighted by Gasteiger charge is -2.41. The van der Waals surface area contributed by atoms with Gasteiger partial charge in [0.1, 0.15) is 0 Å². The van der Waals surface area contributed by atoms with Crippen molar-refractivity contribution in [3.05, 3.63) is 0 Å². The van der Waals surface area contributed by atoms with Gasteiger partial charge in [0.2, 0.25) is 5.91 Å². The van der Waals surface area contributed by atoms with Gasteiger partial charge in [-0.05, 0) is 33.2 Å². The molecule has 2 aliphatic heterocycles. The highest BCUT2D eigenvalue weighted by molar-refractivity contribution is 5.85. The Morgan fingerprint density at radius 2 is 2.00 bits per heavy atom. The summed E-state index contributed by atoms with van der Waals surface area (Å²) < 4.78 is 5.36. The quantitative estimate of drug-likeness (QED) is 0.802. The Morgan fingerprint density at radius 1 is 1.35 bits per heavy atom. The number of amides is 1. The molecule has 1 amide bonds. The first-order valence-corrected chi connectivity index (χ1v) is 6.93. The van der Waals surface area contributed by atoms with E-state index in [1.807, 2.05) is 0 Å². The minimum absolute atomic E-state index is 0. The summed E-state index contributed by atoms with van der Waals surface area (Å²) in [4.78, 5) is 14.3. The van der Waals surface area contributed by atoms with Crippen molar-refractivity contribution in [1.82, 2.24) is 15.5 Å². The number of hydrogen-bond donors (Lipinski definition) is 2. The van der Waals surface area contributed by atoms with Gasteiger partial charge in [-0.3, -0.25) is 9.69 Å². The summed E-state index contributed by atoms with van der Waals surface area (Å²) in [5, 5.41) is 6.30. The summed E-state index contributed by atoms with van der Waals surface area (Å²) in [5.41, 5.74) is -0.00194. The molecule has 20 heavy (non-hydrogen) atoms. The Kier molecular flexibility index (Phi) is 9.02. The van der Waals surface area contributed by atoms with Crippen LogP contribution in [0, 0.1) is 0 Å². The molecule has 0 aromatic carbocycles. The lowest BCUT2D eigenvalue weighted by Crippen LogP contribution is -2.56. The van der Waals surface area contributed by atoms with Gasteiger partial charge in [-0.25, -0.2) is 0 Å². The van der Waals surface area contributed by atoms with Gasteiger partial charge in [0.15, 0.2) is 0 Å². The molecule has 0 radical (unpaired) electrons. The van der Waals surface area contributed by atoms with Crippen molar-refractivity contribution in [2.45, 2.75) is 38.3 Å². The Morgan fingerprint density at radius 3 is 2.55 bits per heavy atom. The van der Waals surface area contributed by atoms with Crippen LogP contribution in [0.15, 0.2) is 0 Å². The first-order chi connectivity index (χ1) is 8.59. The smallest absolute Gasteiger partial charge is 0.237 e. The predicted octanol–water partition coefficient (Wildman–Crippen LogP) is 0.809. The number of rotatable bonds is 4. The van der Waals surface area contributed by atoms with E-state index in [-0.39, 0.29) is 42.3 Å². The van der Waals surface area contributed by atoms with Gasteiger partial charge < -0.3 is 15.4 Å². The molecule has 0 unspecified atom stereocenters. The van der Waals surface area contributed by atoms with Crippen molar-refractivity contribution in [3.8, 4) is 0 Å². The van der Waals surface area contributed by atoms with Crippen LogP contribution in [0.3, 0.4) is 0 Å². The third-order valence-corrected chi connectivity index (χ3v) is 3.94. The van der Waals surface area contributed by atoms with E-state index in [2.05, 4.69) is 29.4 Å². The highest BCUT2D eigenvalue weighted by atomic mass is 35.5. The number of morpholine rings is 1. The molecule has 2 rings (SSSR count). The normalized spacial score (nSPS) is 23.6. The molecule has 2 aliphatic rings. The van der Waals surface area contributed by atoms with Gasteiger partial charge in [-0.1, -0.05) is 0 Å². The van der Waals surface area contributed by atoms with Crippen LogP contribution in [0.2, 0.25) is 0 Å². The average Bonchev–Trinajstić information content (AvgIpc) is 2.91. The highest BCUT2D eigenvalue weighted by Gasteiger charge is 2.30. The molecule has 0 aromatic heterocycles. The number of halogens is 2. The fraction of sp³-hybridized carbons (Fsp3) is 0.923. The van der Waals surface area contributed by atoms with Crippen LogP contribution in [0.1, 0.15) is 26.7 Å². The molecular formula is C13H27Cl2N3O2. The number of carbonyl (C=O) groups is 1. The maximum absolute atomic E-state index is 12.0. The SMILES string of the molecule is CC(C)(CNC(=O)[C@@H]1CCCN1)N1CCOCC1.Cl.Cl. The first-order valence-electron chi connectivity index (χ1n) is 6.93. The van der Waals surface area contributed by atoms with Crippen molar-refractivity contribution >= 4 is 30.7 Å². The van der Waals surface area contributed by atoms with Crippen molar-refractivity contribution in [1.29, 1.82) is 0 Å². The summed E-state index contributed by atoms with van der Waals surface area (Å²) in [5.74, 6) is 0.147. The van der Waals surface area contributed by atoms with Crippen molar-refractivity contribution in [3.63, 3.8) is 0 Å². The van der Waals surface area contributed by atoms with Crippen molar-refractivity contribution in [2.24, 2.45) is 0 Å². The Labute approximate surface area is 134 Å². The van der Waals surface area contributed by atoms with E-state index in [0.717, 1.165) is 45.7 Å². The van der Waals surface area contributed by atoms with Gasteiger partial charge in [-0.15, -0.1) is 24.8 Å². The van der Waals surface area contributed by atoms with Gasteiger partial charge in [0.25, 0.3) is 0 Å². The van der Waals surface area contributed by atoms with Gasteiger partial charge >= 0.3 is 0 Å². The van der Waals surface area contributed by atoms with Crippen LogP contribution in [-0.4, -0.2) is 61.8 Å². The van der Waals surface area contributed by atoms with E-state index in [0.29, 0.717) is 6.54 Å². The van der Waals surface area contributed by atoms with Crippen LogP contribution >= 0.6 is 24.8 Å². The van der Waals surface area contributed by atoms with E-state index in [9.17, 15) is 4.79 Å². The van der Waals surface area contributed by atoms with Gasteiger partial charge in [0.05, 0.1) is 19.3 Å². The molecule has 2 N–H and O–H groups in total. The molecule has 7 heteroatoms. The van der Waals surface area contributed by atoms with Crippen molar-refractivity contribution < 1.29 is 9.53 Å².